The Morgan fingerprint density at radius 1 is 1.43 bits per heavy atom. The number of nitrogens with one attached hydrogen (secondary N) is 1. The fourth-order valence-corrected chi connectivity index (χ4v) is 1.51. The lowest BCUT2D eigenvalue weighted by Gasteiger charge is -2.18. The molecule has 0 fully saturated rings. The molecular formula is C12H12AlF4NO3. The van der Waals surface area contributed by atoms with Crippen LogP contribution in [0.1, 0.15) is 18.9 Å². The highest BCUT2D eigenvalue weighted by molar-refractivity contribution is 6.12. The molecule has 0 heterocycles. The highest BCUT2D eigenvalue weighted by Crippen LogP contribution is 2.34. The van der Waals surface area contributed by atoms with Gasteiger partial charge in [0.05, 0.1) is 5.56 Å². The first-order valence-electron chi connectivity index (χ1n) is 5.95. The Morgan fingerprint density at radius 3 is 2.62 bits per heavy atom. The SMILES string of the molecule is CCC(COc1cccc(C(F)(F)F)c1F)OC(=O)[NH][Al]. The molecule has 0 spiro atoms. The number of carbonyl (C=O) groups excluding carboxylic acids is 1. The first-order valence-corrected chi connectivity index (χ1v) is 6.53. The van der Waals surface area contributed by atoms with Gasteiger partial charge in [-0.25, -0.2) is 9.18 Å². The normalized spacial score (nSPS) is 12.6. The standard InChI is InChI=1S/C12H13F4NO3.Al/c1-2-7(20-11(17)18)6-19-9-5-3-4-8(10(9)13)12(14,15)16;/h3-5,7H,2,6H2,1H3,(H2,17,18);/q;+1/p-1. The molecule has 1 amide bonds. The fraction of sp³-hybridized carbons (Fsp3) is 0.417. The number of carbonyl (C=O) groups is 1. The van der Waals surface area contributed by atoms with E-state index in [0.717, 1.165) is 12.1 Å². The molecule has 0 aliphatic rings. The highest BCUT2D eigenvalue weighted by Gasteiger charge is 2.35. The van der Waals surface area contributed by atoms with Crippen molar-refractivity contribution < 1.29 is 31.8 Å². The Balaban J connectivity index is 2.77. The van der Waals surface area contributed by atoms with Crippen LogP contribution in [0.25, 0.3) is 0 Å². The van der Waals surface area contributed by atoms with Gasteiger partial charge < -0.3 is 13.8 Å². The quantitative estimate of drug-likeness (QED) is 0.670. The maximum Gasteiger partial charge on any atom is 0.419 e. The molecule has 0 saturated heterocycles. The van der Waals surface area contributed by atoms with E-state index in [1.54, 1.807) is 6.92 Å². The van der Waals surface area contributed by atoms with Gasteiger partial charge in [0.1, 0.15) is 12.7 Å². The predicted octanol–water partition coefficient (Wildman–Crippen LogP) is 2.81. The second-order valence-electron chi connectivity index (χ2n) is 4.01. The van der Waals surface area contributed by atoms with Gasteiger partial charge in [0.2, 0.25) is 0 Å². The number of hydrogen-bond acceptors (Lipinski definition) is 3. The summed E-state index contributed by atoms with van der Waals surface area (Å²) in [4.78, 5) is 11.0. The first-order chi connectivity index (χ1) is 9.79. The fourth-order valence-electron chi connectivity index (χ4n) is 1.44. The zero-order valence-corrected chi connectivity index (χ0v) is 12.2. The van der Waals surface area contributed by atoms with Crippen LogP contribution in [0.15, 0.2) is 18.2 Å². The van der Waals surface area contributed by atoms with E-state index in [4.69, 9.17) is 9.47 Å². The molecule has 0 aromatic heterocycles. The third-order valence-electron chi connectivity index (χ3n) is 2.54. The molecule has 1 atom stereocenters. The van der Waals surface area contributed by atoms with Crippen LogP contribution in [-0.2, 0) is 10.9 Å². The average Bonchev–Trinajstić information content (AvgIpc) is 2.43. The van der Waals surface area contributed by atoms with E-state index in [1.165, 1.54) is 0 Å². The van der Waals surface area contributed by atoms with Crippen molar-refractivity contribution in [3.8, 4) is 5.75 Å². The second kappa shape index (κ2) is 7.52. The zero-order valence-electron chi connectivity index (χ0n) is 11.0. The summed E-state index contributed by atoms with van der Waals surface area (Å²) in [6, 6.07) is 2.74. The summed E-state index contributed by atoms with van der Waals surface area (Å²) >= 11 is 1.94. The van der Waals surface area contributed by atoms with Crippen molar-refractivity contribution in [3.63, 3.8) is 0 Å². The summed E-state index contributed by atoms with van der Waals surface area (Å²) in [5.74, 6) is -2.03. The number of halogens is 4. The van der Waals surface area contributed by atoms with E-state index in [-0.39, 0.29) is 6.61 Å². The van der Waals surface area contributed by atoms with Crippen LogP contribution in [0.5, 0.6) is 5.75 Å². The van der Waals surface area contributed by atoms with Crippen LogP contribution in [-0.4, -0.2) is 35.3 Å². The molecule has 114 valence electrons. The van der Waals surface area contributed by atoms with Crippen LogP contribution in [0.3, 0.4) is 0 Å². The van der Waals surface area contributed by atoms with Crippen LogP contribution in [0, 0.1) is 5.82 Å². The summed E-state index contributed by atoms with van der Waals surface area (Å²) in [5, 5.41) is 0. The van der Waals surface area contributed by atoms with Gasteiger partial charge >= 0.3 is 28.8 Å². The van der Waals surface area contributed by atoms with Gasteiger partial charge in [-0.1, -0.05) is 13.0 Å². The molecule has 0 aliphatic carbocycles. The second-order valence-corrected chi connectivity index (χ2v) is 4.30. The number of benzene rings is 1. The molecule has 0 saturated carbocycles. The Kier molecular flexibility index (Phi) is 6.30. The number of alkyl halides is 3. The first kappa shape index (κ1) is 17.6. The van der Waals surface area contributed by atoms with Gasteiger partial charge in [-0.3, -0.25) is 0 Å². The smallest absolute Gasteiger partial charge is 0.419 e. The van der Waals surface area contributed by atoms with Gasteiger partial charge in [0.15, 0.2) is 11.6 Å². The molecule has 1 rings (SSSR count). The van der Waals surface area contributed by atoms with Crippen molar-refractivity contribution in [2.75, 3.05) is 6.61 Å². The predicted molar refractivity (Wildman–Crippen MR) is 66.3 cm³/mol. The maximum absolute atomic E-state index is 13.7. The number of hydrogen-bond donors (Lipinski definition) is 1. The largest absolute Gasteiger partial charge is 0.487 e. The summed E-state index contributed by atoms with van der Waals surface area (Å²) < 4.78 is 63.3. The molecule has 0 aliphatic heterocycles. The molecule has 21 heavy (non-hydrogen) atoms. The van der Waals surface area contributed by atoms with Gasteiger partial charge in [-0.05, 0) is 18.6 Å². The minimum absolute atomic E-state index is 0.257. The van der Waals surface area contributed by atoms with E-state index >= 15 is 0 Å². The molecule has 1 aromatic rings. The van der Waals surface area contributed by atoms with Crippen LogP contribution >= 0.6 is 0 Å². The third kappa shape index (κ3) is 5.10. The monoisotopic (exact) mass is 321 g/mol. The van der Waals surface area contributed by atoms with E-state index in [0.29, 0.717) is 12.5 Å². The lowest BCUT2D eigenvalue weighted by atomic mass is 10.2. The highest BCUT2D eigenvalue weighted by atomic mass is 27.1. The van der Waals surface area contributed by atoms with Crippen molar-refractivity contribution in [2.45, 2.75) is 25.6 Å². The molecule has 1 aromatic carbocycles. The average molecular weight is 321 g/mol. The third-order valence-corrected chi connectivity index (χ3v) is 2.78. The minimum Gasteiger partial charge on any atom is -0.487 e. The summed E-state index contributed by atoms with van der Waals surface area (Å²) in [5.41, 5.74) is -1.41. The topological polar surface area (TPSA) is 47.6 Å². The van der Waals surface area contributed by atoms with Crippen molar-refractivity contribution in [3.05, 3.63) is 29.6 Å². The zero-order chi connectivity index (χ0) is 16.0. The van der Waals surface area contributed by atoms with Gasteiger partial charge in [-0.2, -0.15) is 13.2 Å². The lowest BCUT2D eigenvalue weighted by molar-refractivity contribution is -0.140. The van der Waals surface area contributed by atoms with E-state index in [1.807, 2.05) is 16.5 Å². The molecule has 0 bridgehead atoms. The minimum atomic E-state index is -4.80. The molecule has 9 heteroatoms. The summed E-state index contributed by atoms with van der Waals surface area (Å²) in [6.07, 6.45) is -5.89. The van der Waals surface area contributed by atoms with Crippen molar-refractivity contribution in [1.29, 1.82) is 0 Å². The maximum atomic E-state index is 13.7. The molecular weight excluding hydrogens is 309 g/mol. The van der Waals surface area contributed by atoms with Gasteiger partial charge in [-0.15, -0.1) is 0 Å². The van der Waals surface area contributed by atoms with Crippen LogP contribution in [0.2, 0.25) is 0 Å². The lowest BCUT2D eigenvalue weighted by Crippen LogP contribution is -2.30. The Labute approximate surface area is 127 Å². The molecule has 1 N–H and O–H groups in total. The summed E-state index contributed by atoms with van der Waals surface area (Å²) in [6.45, 7) is 1.43. The van der Waals surface area contributed by atoms with Crippen molar-refractivity contribution in [1.82, 2.24) is 4.30 Å². The molecule has 4 nitrogen and oxygen atoms in total. The van der Waals surface area contributed by atoms with E-state index in [2.05, 4.69) is 4.30 Å². The number of amides is 1. The molecule has 2 radical (unpaired) electrons. The van der Waals surface area contributed by atoms with Crippen LogP contribution < -0.4 is 9.04 Å². The van der Waals surface area contributed by atoms with Gasteiger partial charge in [0.25, 0.3) is 0 Å². The summed E-state index contributed by atoms with van der Waals surface area (Å²) in [7, 11) is 0. The number of ether oxygens (including phenoxy) is 2. The van der Waals surface area contributed by atoms with E-state index < -0.39 is 35.5 Å². The Morgan fingerprint density at radius 2 is 2.10 bits per heavy atom. The van der Waals surface area contributed by atoms with Gasteiger partial charge in [0, 0.05) is 0 Å². The Hall–Kier alpha value is -1.46. The Bertz CT molecular complexity index is 496. The van der Waals surface area contributed by atoms with Crippen molar-refractivity contribution in [2.24, 2.45) is 0 Å². The van der Waals surface area contributed by atoms with Crippen LogP contribution in [0.4, 0.5) is 22.4 Å². The number of rotatable bonds is 5. The molecule has 1 unspecified atom stereocenters. The van der Waals surface area contributed by atoms with Crippen molar-refractivity contribution >= 4 is 22.6 Å². The van der Waals surface area contributed by atoms with E-state index in [9.17, 15) is 22.4 Å².